The van der Waals surface area contributed by atoms with Crippen molar-refractivity contribution in [2.45, 2.75) is 6.92 Å². The fourth-order valence-electron chi connectivity index (χ4n) is 1.11. The molecule has 0 aromatic carbocycles. The first-order valence-corrected chi connectivity index (χ1v) is 4.70. The first kappa shape index (κ1) is 8.44. The maximum atomic E-state index is 4.29. The average molecular weight is 238 g/mol. The summed E-state index contributed by atoms with van der Waals surface area (Å²) in [5.41, 5.74) is 0.970. The lowest BCUT2D eigenvalue weighted by molar-refractivity contribution is 0.816. The zero-order valence-electron chi connectivity index (χ0n) is 7.11. The summed E-state index contributed by atoms with van der Waals surface area (Å²) in [5, 5.41) is 4.29. The van der Waals surface area contributed by atoms with Crippen molar-refractivity contribution in [1.29, 1.82) is 0 Å². The number of pyridine rings is 1. The molecule has 0 aliphatic heterocycles. The lowest BCUT2D eigenvalue weighted by Crippen LogP contribution is -1.98. The lowest BCUT2D eigenvalue weighted by atomic mass is 10.5. The van der Waals surface area contributed by atoms with Crippen molar-refractivity contribution in [2.24, 2.45) is 0 Å². The van der Waals surface area contributed by atoms with Gasteiger partial charge in [-0.15, -0.1) is 0 Å². The minimum absolute atomic E-state index is 0.822. The van der Waals surface area contributed by atoms with Crippen LogP contribution in [0.15, 0.2) is 35.1 Å². The van der Waals surface area contributed by atoms with Crippen molar-refractivity contribution in [3.8, 4) is 5.82 Å². The van der Waals surface area contributed by atoms with Gasteiger partial charge in [0.15, 0.2) is 5.82 Å². The van der Waals surface area contributed by atoms with E-state index >= 15 is 0 Å². The average Bonchev–Trinajstić information content (AvgIpc) is 2.47. The molecule has 2 heterocycles. The van der Waals surface area contributed by atoms with Crippen molar-refractivity contribution < 1.29 is 0 Å². The van der Waals surface area contributed by atoms with Gasteiger partial charge in [-0.25, -0.2) is 9.67 Å². The van der Waals surface area contributed by atoms with E-state index in [9.17, 15) is 0 Å². The van der Waals surface area contributed by atoms with Gasteiger partial charge in [-0.1, -0.05) is 6.07 Å². The van der Waals surface area contributed by atoms with Gasteiger partial charge in [0.05, 0.1) is 5.69 Å². The van der Waals surface area contributed by atoms with Crippen LogP contribution in [0.2, 0.25) is 0 Å². The van der Waals surface area contributed by atoms with Crippen LogP contribution in [0.1, 0.15) is 5.69 Å². The highest BCUT2D eigenvalue weighted by molar-refractivity contribution is 9.10. The predicted octanol–water partition coefficient (Wildman–Crippen LogP) is 2.34. The Kier molecular flexibility index (Phi) is 2.14. The molecule has 0 aliphatic rings. The molecule has 0 bridgehead atoms. The van der Waals surface area contributed by atoms with Crippen LogP contribution in [-0.4, -0.2) is 14.8 Å². The number of hydrogen-bond donors (Lipinski definition) is 0. The zero-order valence-corrected chi connectivity index (χ0v) is 8.69. The Morgan fingerprint density at radius 3 is 2.77 bits per heavy atom. The summed E-state index contributed by atoms with van der Waals surface area (Å²) < 4.78 is 2.68. The Morgan fingerprint density at radius 1 is 1.38 bits per heavy atom. The lowest BCUT2D eigenvalue weighted by Gasteiger charge is -1.99. The summed E-state index contributed by atoms with van der Waals surface area (Å²) in [5.74, 6) is 0.822. The Morgan fingerprint density at radius 2 is 2.23 bits per heavy atom. The molecule has 3 nitrogen and oxygen atoms in total. The summed E-state index contributed by atoms with van der Waals surface area (Å²) in [6.07, 6.45) is 1.75. The predicted molar refractivity (Wildman–Crippen MR) is 53.8 cm³/mol. The maximum absolute atomic E-state index is 4.29. The van der Waals surface area contributed by atoms with E-state index in [1.165, 1.54) is 0 Å². The minimum Gasteiger partial charge on any atom is -0.237 e. The molecule has 0 atom stereocenters. The van der Waals surface area contributed by atoms with Gasteiger partial charge in [-0.2, -0.15) is 5.10 Å². The number of hydrogen-bond acceptors (Lipinski definition) is 2. The summed E-state index contributed by atoms with van der Waals surface area (Å²) in [7, 11) is 0. The molecule has 2 rings (SSSR count). The molecule has 2 aromatic heterocycles. The van der Waals surface area contributed by atoms with Crippen LogP contribution in [0.4, 0.5) is 0 Å². The van der Waals surface area contributed by atoms with Gasteiger partial charge in [-0.3, -0.25) is 0 Å². The highest BCUT2D eigenvalue weighted by Crippen LogP contribution is 2.15. The van der Waals surface area contributed by atoms with Gasteiger partial charge in [0.1, 0.15) is 4.60 Å². The van der Waals surface area contributed by atoms with Crippen molar-refractivity contribution in [3.05, 3.63) is 40.8 Å². The second-order valence-electron chi connectivity index (χ2n) is 2.71. The van der Waals surface area contributed by atoms with Crippen LogP contribution in [0.25, 0.3) is 5.82 Å². The number of aryl methyl sites for hydroxylation is 1. The molecule has 0 fully saturated rings. The fraction of sp³-hybridized carbons (Fsp3) is 0.111. The molecule has 0 aliphatic carbocycles. The maximum Gasteiger partial charge on any atom is 0.154 e. The van der Waals surface area contributed by atoms with E-state index < -0.39 is 0 Å². The molecule has 66 valence electrons. The third-order valence-electron chi connectivity index (χ3n) is 1.65. The Hall–Kier alpha value is -1.16. The SMILES string of the molecule is Cc1cc(Br)n(-c2ccccn2)n1. The van der Waals surface area contributed by atoms with Crippen LogP contribution in [0.3, 0.4) is 0 Å². The van der Waals surface area contributed by atoms with E-state index in [0.29, 0.717) is 0 Å². The van der Waals surface area contributed by atoms with Crippen molar-refractivity contribution in [3.63, 3.8) is 0 Å². The van der Waals surface area contributed by atoms with Gasteiger partial charge in [0.2, 0.25) is 0 Å². The van der Waals surface area contributed by atoms with Crippen molar-refractivity contribution in [1.82, 2.24) is 14.8 Å². The van der Waals surface area contributed by atoms with Crippen LogP contribution in [0.5, 0.6) is 0 Å². The van der Waals surface area contributed by atoms with Gasteiger partial charge < -0.3 is 0 Å². The molecule has 13 heavy (non-hydrogen) atoms. The molecular weight excluding hydrogens is 230 g/mol. The largest absolute Gasteiger partial charge is 0.237 e. The highest BCUT2D eigenvalue weighted by atomic mass is 79.9. The van der Waals surface area contributed by atoms with E-state index in [-0.39, 0.29) is 0 Å². The van der Waals surface area contributed by atoms with Crippen LogP contribution >= 0.6 is 15.9 Å². The Labute approximate surface area is 84.5 Å². The van der Waals surface area contributed by atoms with Gasteiger partial charge in [0.25, 0.3) is 0 Å². The topological polar surface area (TPSA) is 30.7 Å². The van der Waals surface area contributed by atoms with Crippen LogP contribution < -0.4 is 0 Å². The summed E-state index contributed by atoms with van der Waals surface area (Å²) in [6, 6.07) is 7.69. The molecule has 2 aromatic rings. The first-order valence-electron chi connectivity index (χ1n) is 3.91. The summed E-state index contributed by atoms with van der Waals surface area (Å²) in [6.45, 7) is 1.95. The van der Waals surface area contributed by atoms with Gasteiger partial charge >= 0.3 is 0 Å². The van der Waals surface area contributed by atoms with Gasteiger partial charge in [0, 0.05) is 6.20 Å². The molecule has 0 saturated carbocycles. The quantitative estimate of drug-likeness (QED) is 0.763. The van der Waals surface area contributed by atoms with E-state index in [4.69, 9.17) is 0 Å². The second-order valence-corrected chi connectivity index (χ2v) is 3.52. The normalized spacial score (nSPS) is 10.3. The Bertz CT molecular complexity index is 408. The molecule has 0 unspecified atom stereocenters. The molecule has 0 N–H and O–H groups in total. The second kappa shape index (κ2) is 3.30. The standard InChI is InChI=1S/C9H8BrN3/c1-7-6-8(10)13(12-7)9-4-2-3-5-11-9/h2-6H,1H3. The van der Waals surface area contributed by atoms with E-state index in [2.05, 4.69) is 26.0 Å². The van der Waals surface area contributed by atoms with Crippen molar-refractivity contribution >= 4 is 15.9 Å². The monoisotopic (exact) mass is 237 g/mol. The molecule has 0 amide bonds. The molecular formula is C9H8BrN3. The number of halogens is 1. The highest BCUT2D eigenvalue weighted by Gasteiger charge is 2.03. The van der Waals surface area contributed by atoms with Crippen LogP contribution in [0, 0.1) is 6.92 Å². The van der Waals surface area contributed by atoms with Gasteiger partial charge in [-0.05, 0) is 41.1 Å². The molecule has 0 saturated heterocycles. The first-order chi connectivity index (χ1) is 6.27. The number of nitrogens with zero attached hydrogens (tertiary/aromatic N) is 3. The third kappa shape index (κ3) is 1.62. The Balaban J connectivity index is 2.53. The van der Waals surface area contributed by atoms with E-state index in [0.717, 1.165) is 16.1 Å². The third-order valence-corrected chi connectivity index (χ3v) is 2.22. The molecule has 4 heteroatoms. The smallest absolute Gasteiger partial charge is 0.154 e. The minimum atomic E-state index is 0.822. The summed E-state index contributed by atoms with van der Waals surface area (Å²) in [4.78, 5) is 4.19. The number of aromatic nitrogens is 3. The number of rotatable bonds is 1. The molecule has 0 spiro atoms. The van der Waals surface area contributed by atoms with E-state index in [1.54, 1.807) is 10.9 Å². The zero-order chi connectivity index (χ0) is 9.26. The van der Waals surface area contributed by atoms with E-state index in [1.807, 2.05) is 31.2 Å². The molecule has 0 radical (unpaired) electrons. The van der Waals surface area contributed by atoms with Crippen molar-refractivity contribution in [2.75, 3.05) is 0 Å². The fourth-order valence-corrected chi connectivity index (χ4v) is 1.70. The van der Waals surface area contributed by atoms with Crippen LogP contribution in [-0.2, 0) is 0 Å². The summed E-state index contributed by atoms with van der Waals surface area (Å²) >= 11 is 3.41.